The highest BCUT2D eigenvalue weighted by Crippen LogP contribution is 2.21. The number of likely N-dealkylation sites (tertiary alicyclic amines) is 1. The van der Waals surface area contributed by atoms with Crippen molar-refractivity contribution >= 4 is 46.6 Å². The van der Waals surface area contributed by atoms with Crippen LogP contribution in [0.4, 0.5) is 4.79 Å². The number of ether oxygens (including phenoxy) is 1. The van der Waals surface area contributed by atoms with Crippen LogP contribution in [-0.2, 0) is 35.1 Å². The molecule has 1 aromatic heterocycles. The third kappa shape index (κ3) is 9.68. The molecule has 0 unspecified atom stereocenters. The molecule has 1 aliphatic rings. The van der Waals surface area contributed by atoms with Gasteiger partial charge in [0.15, 0.2) is 0 Å². The fourth-order valence-corrected chi connectivity index (χ4v) is 5.01. The number of para-hydroxylation sites is 1. The van der Waals surface area contributed by atoms with Gasteiger partial charge in [-0.1, -0.05) is 32.0 Å². The molecule has 45 heavy (non-hydrogen) atoms. The third-order valence-electron chi connectivity index (χ3n) is 7.34. The fraction of sp³-hybridized carbons (Fsp3) is 0.548. The molecular weight excluding hydrogens is 584 g/mol. The standard InChI is InChI=1S/C31H44N6O8/c1-17(2)25(29(42)43)36-26(39)18(3)34-27(40)22(14-19-15-32-21-11-8-7-10-20(19)21)35-24(38)16-33-28(41)23-12-9-13-37(23)30(44)45-31(4,5)6/h7-8,10-11,15,17-18,22-23,25,32H,9,12-14,16H2,1-6H3,(H,33,41)(H,34,40)(H,35,38)(H,36,39)(H,42,43)/t18-,22-,23-,25-/m0/s1. The number of fused-ring (bicyclic) bond motifs is 1. The van der Waals surface area contributed by atoms with Crippen molar-refractivity contribution in [2.24, 2.45) is 5.92 Å². The fourth-order valence-electron chi connectivity index (χ4n) is 5.01. The van der Waals surface area contributed by atoms with Gasteiger partial charge in [-0.2, -0.15) is 0 Å². The van der Waals surface area contributed by atoms with Crippen LogP contribution in [0.3, 0.4) is 0 Å². The number of carboxylic acid groups (broad SMARTS) is 1. The molecule has 3 rings (SSSR count). The monoisotopic (exact) mass is 628 g/mol. The summed E-state index contributed by atoms with van der Waals surface area (Å²) in [5.41, 5.74) is 0.834. The Hall–Kier alpha value is -4.62. The van der Waals surface area contributed by atoms with E-state index in [0.29, 0.717) is 19.4 Å². The van der Waals surface area contributed by atoms with Gasteiger partial charge in [0, 0.05) is 30.1 Å². The van der Waals surface area contributed by atoms with Gasteiger partial charge in [-0.15, -0.1) is 0 Å². The van der Waals surface area contributed by atoms with E-state index in [1.165, 1.54) is 11.8 Å². The Morgan fingerprint density at radius 3 is 2.36 bits per heavy atom. The second kappa shape index (κ2) is 14.9. The summed E-state index contributed by atoms with van der Waals surface area (Å²) < 4.78 is 5.40. The SMILES string of the molecule is CC(C)[C@H](NC(=O)[C@H](C)NC(=O)[C@H](Cc1c[nH]c2ccccc12)NC(=O)CNC(=O)[C@@H]1CCCN1C(=O)OC(C)(C)C)C(=O)O. The number of carbonyl (C=O) groups is 6. The maximum absolute atomic E-state index is 13.4. The van der Waals surface area contributed by atoms with Crippen molar-refractivity contribution in [3.05, 3.63) is 36.0 Å². The molecule has 14 heteroatoms. The van der Waals surface area contributed by atoms with E-state index in [4.69, 9.17) is 4.74 Å². The lowest BCUT2D eigenvalue weighted by Gasteiger charge is -2.28. The summed E-state index contributed by atoms with van der Waals surface area (Å²) in [4.78, 5) is 80.7. The average Bonchev–Trinajstić information content (AvgIpc) is 3.61. The number of aliphatic carboxylic acids is 1. The third-order valence-corrected chi connectivity index (χ3v) is 7.34. The zero-order valence-electron chi connectivity index (χ0n) is 26.6. The molecule has 0 spiro atoms. The quantitative estimate of drug-likeness (QED) is 0.203. The van der Waals surface area contributed by atoms with E-state index in [1.807, 2.05) is 24.3 Å². The summed E-state index contributed by atoms with van der Waals surface area (Å²) in [7, 11) is 0. The first-order chi connectivity index (χ1) is 21.1. The maximum Gasteiger partial charge on any atom is 0.410 e. The summed E-state index contributed by atoms with van der Waals surface area (Å²) in [6.07, 6.45) is 2.19. The Labute approximate surface area is 262 Å². The lowest BCUT2D eigenvalue weighted by Crippen LogP contribution is -2.57. The molecule has 2 heterocycles. The van der Waals surface area contributed by atoms with Crippen molar-refractivity contribution in [3.8, 4) is 0 Å². The zero-order valence-corrected chi connectivity index (χ0v) is 26.6. The van der Waals surface area contributed by atoms with Gasteiger partial charge < -0.3 is 36.1 Å². The van der Waals surface area contributed by atoms with E-state index in [-0.39, 0.29) is 12.3 Å². The van der Waals surface area contributed by atoms with Crippen LogP contribution in [0, 0.1) is 5.92 Å². The molecule has 1 fully saturated rings. The van der Waals surface area contributed by atoms with Crippen LogP contribution in [0.5, 0.6) is 0 Å². The molecular formula is C31H44N6O8. The molecule has 4 atom stereocenters. The van der Waals surface area contributed by atoms with Gasteiger partial charge in [0.25, 0.3) is 0 Å². The van der Waals surface area contributed by atoms with E-state index in [0.717, 1.165) is 16.5 Å². The van der Waals surface area contributed by atoms with E-state index in [2.05, 4.69) is 26.3 Å². The highest BCUT2D eigenvalue weighted by molar-refractivity contribution is 5.95. The van der Waals surface area contributed by atoms with Gasteiger partial charge in [0.1, 0.15) is 29.8 Å². The first-order valence-electron chi connectivity index (χ1n) is 15.0. The number of amides is 5. The Bertz CT molecular complexity index is 1410. The molecule has 6 N–H and O–H groups in total. The number of aromatic amines is 1. The lowest BCUT2D eigenvalue weighted by atomic mass is 10.0. The minimum atomic E-state index is -1.20. The van der Waals surface area contributed by atoms with Crippen molar-refractivity contribution in [1.29, 1.82) is 0 Å². The smallest absolute Gasteiger partial charge is 0.410 e. The van der Waals surface area contributed by atoms with E-state index < -0.39 is 72.0 Å². The summed E-state index contributed by atoms with van der Waals surface area (Å²) in [6, 6.07) is 3.23. The Kier molecular flexibility index (Phi) is 11.5. The Balaban J connectivity index is 1.69. The van der Waals surface area contributed by atoms with Gasteiger partial charge in [-0.25, -0.2) is 9.59 Å². The van der Waals surface area contributed by atoms with Crippen molar-refractivity contribution in [1.82, 2.24) is 31.2 Å². The predicted molar refractivity (Wildman–Crippen MR) is 165 cm³/mol. The van der Waals surface area contributed by atoms with Gasteiger partial charge in [-0.3, -0.25) is 24.1 Å². The molecule has 1 aliphatic heterocycles. The van der Waals surface area contributed by atoms with Crippen molar-refractivity contribution < 1.29 is 38.6 Å². The van der Waals surface area contributed by atoms with Crippen molar-refractivity contribution in [2.75, 3.05) is 13.1 Å². The highest BCUT2D eigenvalue weighted by Gasteiger charge is 2.37. The number of carboxylic acids is 1. The summed E-state index contributed by atoms with van der Waals surface area (Å²) in [6.45, 7) is 9.79. The molecule has 0 aliphatic carbocycles. The molecule has 14 nitrogen and oxygen atoms in total. The largest absolute Gasteiger partial charge is 0.480 e. The molecule has 1 aromatic carbocycles. The number of aromatic nitrogens is 1. The number of hydrogen-bond donors (Lipinski definition) is 6. The zero-order chi connectivity index (χ0) is 33.5. The second-order valence-corrected chi connectivity index (χ2v) is 12.5. The summed E-state index contributed by atoms with van der Waals surface area (Å²) in [5, 5.41) is 20.4. The number of rotatable bonds is 12. The van der Waals surface area contributed by atoms with E-state index >= 15 is 0 Å². The van der Waals surface area contributed by atoms with Crippen LogP contribution in [0.25, 0.3) is 10.9 Å². The first-order valence-corrected chi connectivity index (χ1v) is 15.0. The molecule has 0 bridgehead atoms. The molecule has 2 aromatic rings. The van der Waals surface area contributed by atoms with Gasteiger partial charge in [0.2, 0.25) is 23.6 Å². The molecule has 0 radical (unpaired) electrons. The molecule has 1 saturated heterocycles. The van der Waals surface area contributed by atoms with E-state index in [1.54, 1.807) is 40.8 Å². The van der Waals surface area contributed by atoms with Crippen LogP contribution in [0.15, 0.2) is 30.5 Å². The topological polar surface area (TPSA) is 199 Å². The van der Waals surface area contributed by atoms with E-state index in [9.17, 15) is 33.9 Å². The Morgan fingerprint density at radius 2 is 1.71 bits per heavy atom. The van der Waals surface area contributed by atoms with Gasteiger partial charge >= 0.3 is 12.1 Å². The number of H-pyrrole nitrogens is 1. The summed E-state index contributed by atoms with van der Waals surface area (Å²) in [5.74, 6) is -4.14. The van der Waals surface area contributed by atoms with Crippen molar-refractivity contribution in [2.45, 2.75) is 90.6 Å². The molecule has 5 amide bonds. The van der Waals surface area contributed by atoms with Crippen LogP contribution < -0.4 is 21.3 Å². The number of nitrogens with zero attached hydrogens (tertiary/aromatic N) is 1. The second-order valence-electron chi connectivity index (χ2n) is 12.5. The Morgan fingerprint density at radius 1 is 1.02 bits per heavy atom. The number of benzene rings is 1. The highest BCUT2D eigenvalue weighted by atomic mass is 16.6. The minimum absolute atomic E-state index is 0.0582. The molecule has 0 saturated carbocycles. The first kappa shape index (κ1) is 34.9. The van der Waals surface area contributed by atoms with Crippen molar-refractivity contribution in [3.63, 3.8) is 0 Å². The summed E-state index contributed by atoms with van der Waals surface area (Å²) >= 11 is 0. The lowest BCUT2D eigenvalue weighted by molar-refractivity contribution is -0.143. The van der Waals surface area contributed by atoms with Crippen LogP contribution >= 0.6 is 0 Å². The number of hydrogen-bond acceptors (Lipinski definition) is 7. The maximum atomic E-state index is 13.4. The predicted octanol–water partition coefficient (Wildman–Crippen LogP) is 1.44. The van der Waals surface area contributed by atoms with Crippen LogP contribution in [-0.4, -0.2) is 93.5 Å². The normalized spacial score (nSPS) is 16.9. The van der Waals surface area contributed by atoms with Gasteiger partial charge in [-0.05, 0) is 58.1 Å². The average molecular weight is 629 g/mol. The van der Waals surface area contributed by atoms with Crippen LogP contribution in [0.1, 0.15) is 59.9 Å². The van der Waals surface area contributed by atoms with Gasteiger partial charge in [0.05, 0.1) is 6.54 Å². The number of nitrogens with one attached hydrogen (secondary N) is 5. The van der Waals surface area contributed by atoms with Crippen LogP contribution in [0.2, 0.25) is 0 Å². The molecule has 246 valence electrons. The number of carbonyl (C=O) groups excluding carboxylic acids is 5. The minimum Gasteiger partial charge on any atom is -0.480 e.